The van der Waals surface area contributed by atoms with Gasteiger partial charge in [-0.1, -0.05) is 6.07 Å². The van der Waals surface area contributed by atoms with E-state index < -0.39 is 0 Å². The minimum Gasteiger partial charge on any atom is -0.351 e. The topological polar surface area (TPSA) is 88.9 Å². The molecule has 8 heteroatoms. The van der Waals surface area contributed by atoms with Crippen LogP contribution in [0.3, 0.4) is 0 Å². The fourth-order valence-corrected chi connectivity index (χ4v) is 3.61. The number of carbonyl (C=O) groups is 2. The number of hydrogen-bond acceptors (Lipinski definition) is 5. The highest BCUT2D eigenvalue weighted by Crippen LogP contribution is 2.27. The van der Waals surface area contributed by atoms with Gasteiger partial charge < -0.3 is 10.6 Å². The van der Waals surface area contributed by atoms with Crippen LogP contribution in [0.25, 0.3) is 0 Å². The number of piperidine rings is 1. The van der Waals surface area contributed by atoms with E-state index in [0.717, 1.165) is 4.88 Å². The third kappa shape index (κ3) is 3.76. The number of nitrogens with one attached hydrogen (secondary N) is 2. The molecule has 1 aliphatic rings. The first-order valence-electron chi connectivity index (χ1n) is 7.59. The van der Waals surface area contributed by atoms with Crippen molar-refractivity contribution in [3.63, 3.8) is 0 Å². The van der Waals surface area contributed by atoms with Gasteiger partial charge in [-0.3, -0.25) is 9.59 Å². The fourth-order valence-electron chi connectivity index (χ4n) is 2.77. The molecule has 0 radical (unpaired) electrons. The Morgan fingerprint density at radius 2 is 2.48 bits per heavy atom. The Morgan fingerprint density at radius 1 is 1.61 bits per heavy atom. The number of carbonyl (C=O) groups excluding carboxylic acids is 2. The zero-order valence-corrected chi connectivity index (χ0v) is 13.6. The summed E-state index contributed by atoms with van der Waals surface area (Å²) in [6, 6.07) is 3.64. The molecular weight excluding hydrogens is 314 g/mol. The number of hydrogen-bond donors (Lipinski definition) is 2. The lowest BCUT2D eigenvalue weighted by Crippen LogP contribution is -2.50. The third-order valence-electron chi connectivity index (χ3n) is 3.97. The lowest BCUT2D eigenvalue weighted by atomic mass is 9.96. The van der Waals surface area contributed by atoms with E-state index in [0.29, 0.717) is 19.3 Å². The molecule has 122 valence electrons. The zero-order valence-electron chi connectivity index (χ0n) is 12.8. The molecule has 1 saturated heterocycles. The van der Waals surface area contributed by atoms with Crippen LogP contribution in [-0.4, -0.2) is 32.6 Å². The predicted octanol–water partition coefficient (Wildman–Crippen LogP) is 1.43. The van der Waals surface area contributed by atoms with Crippen molar-refractivity contribution in [1.82, 2.24) is 25.4 Å². The molecule has 0 aliphatic carbocycles. The van der Waals surface area contributed by atoms with Gasteiger partial charge >= 0.3 is 0 Å². The summed E-state index contributed by atoms with van der Waals surface area (Å²) in [4.78, 5) is 29.0. The van der Waals surface area contributed by atoms with Crippen LogP contribution < -0.4 is 10.6 Å². The van der Waals surface area contributed by atoms with E-state index in [-0.39, 0.29) is 29.9 Å². The van der Waals surface area contributed by atoms with Gasteiger partial charge in [-0.05, 0) is 24.8 Å². The molecule has 0 saturated carbocycles. The SMILES string of the molecule is CC(CC(=O)N[C@@H]1CCC(=O)N[C@H]1c1cccs1)n1cncn1. The Labute approximate surface area is 138 Å². The van der Waals surface area contributed by atoms with Crippen LogP contribution in [0.15, 0.2) is 30.2 Å². The Morgan fingerprint density at radius 3 is 3.17 bits per heavy atom. The summed E-state index contributed by atoms with van der Waals surface area (Å²) in [5.41, 5.74) is 0. The summed E-state index contributed by atoms with van der Waals surface area (Å²) in [6.07, 6.45) is 4.47. The number of rotatable bonds is 5. The van der Waals surface area contributed by atoms with Gasteiger partial charge in [-0.2, -0.15) is 5.10 Å². The molecule has 23 heavy (non-hydrogen) atoms. The lowest BCUT2D eigenvalue weighted by Gasteiger charge is -2.32. The van der Waals surface area contributed by atoms with Crippen LogP contribution in [0.1, 0.15) is 43.1 Å². The first-order chi connectivity index (χ1) is 11.1. The smallest absolute Gasteiger partial charge is 0.222 e. The van der Waals surface area contributed by atoms with Gasteiger partial charge in [0.1, 0.15) is 12.7 Å². The van der Waals surface area contributed by atoms with Gasteiger partial charge in [-0.15, -0.1) is 11.3 Å². The van der Waals surface area contributed by atoms with E-state index in [1.54, 1.807) is 22.3 Å². The van der Waals surface area contributed by atoms with Crippen molar-refractivity contribution in [2.24, 2.45) is 0 Å². The van der Waals surface area contributed by atoms with Gasteiger partial charge in [-0.25, -0.2) is 9.67 Å². The number of nitrogens with zero attached hydrogens (tertiary/aromatic N) is 3. The first-order valence-corrected chi connectivity index (χ1v) is 8.47. The average molecular weight is 333 g/mol. The summed E-state index contributed by atoms with van der Waals surface area (Å²) in [5.74, 6) is -0.0133. The van der Waals surface area contributed by atoms with Crippen molar-refractivity contribution in [1.29, 1.82) is 0 Å². The maximum atomic E-state index is 12.3. The van der Waals surface area contributed by atoms with Crippen molar-refractivity contribution in [3.05, 3.63) is 35.0 Å². The molecular formula is C15H19N5O2S. The molecule has 2 aromatic rings. The second-order valence-electron chi connectivity index (χ2n) is 5.70. The van der Waals surface area contributed by atoms with E-state index in [4.69, 9.17) is 0 Å². The molecule has 3 atom stereocenters. The summed E-state index contributed by atoms with van der Waals surface area (Å²) in [5, 5.41) is 12.1. The summed E-state index contributed by atoms with van der Waals surface area (Å²) < 4.78 is 1.67. The Hall–Kier alpha value is -2.22. The average Bonchev–Trinajstić information content (AvgIpc) is 3.22. The molecule has 1 unspecified atom stereocenters. The van der Waals surface area contributed by atoms with Crippen LogP contribution >= 0.6 is 11.3 Å². The van der Waals surface area contributed by atoms with Crippen LogP contribution in [-0.2, 0) is 9.59 Å². The largest absolute Gasteiger partial charge is 0.351 e. The second kappa shape index (κ2) is 6.91. The Bertz CT molecular complexity index is 655. The highest BCUT2D eigenvalue weighted by atomic mass is 32.1. The quantitative estimate of drug-likeness (QED) is 0.866. The van der Waals surface area contributed by atoms with Crippen LogP contribution in [0.2, 0.25) is 0 Å². The predicted molar refractivity (Wildman–Crippen MR) is 85.7 cm³/mol. The van der Waals surface area contributed by atoms with Crippen LogP contribution in [0, 0.1) is 0 Å². The highest BCUT2D eigenvalue weighted by Gasteiger charge is 2.31. The van der Waals surface area contributed by atoms with Crippen molar-refractivity contribution in [3.8, 4) is 0 Å². The van der Waals surface area contributed by atoms with E-state index in [2.05, 4.69) is 20.7 Å². The van der Waals surface area contributed by atoms with E-state index in [1.807, 2.05) is 24.4 Å². The molecule has 1 aliphatic heterocycles. The minimum atomic E-state index is -0.151. The van der Waals surface area contributed by atoms with Crippen molar-refractivity contribution < 1.29 is 9.59 Å². The molecule has 0 aromatic carbocycles. The summed E-state index contributed by atoms with van der Waals surface area (Å²) >= 11 is 1.59. The van der Waals surface area contributed by atoms with Gasteiger partial charge in [0.05, 0.1) is 18.1 Å². The molecule has 2 N–H and O–H groups in total. The molecule has 0 spiro atoms. The maximum Gasteiger partial charge on any atom is 0.222 e. The van der Waals surface area contributed by atoms with E-state index in [1.165, 1.54) is 6.33 Å². The standard InChI is InChI=1S/C15H19N5O2S/c1-10(20-9-16-8-17-20)7-14(22)18-11-4-5-13(21)19-15(11)12-3-2-6-23-12/h2-3,6,8-11,15H,4-5,7H2,1H3,(H,18,22)(H,19,21)/t10?,11-,15-/m1/s1. The number of amides is 2. The maximum absolute atomic E-state index is 12.3. The van der Waals surface area contributed by atoms with Crippen LogP contribution in [0.4, 0.5) is 0 Å². The Balaban J connectivity index is 1.63. The normalized spacial score (nSPS) is 22.4. The molecule has 1 fully saturated rings. The number of thiophene rings is 1. The van der Waals surface area contributed by atoms with Crippen molar-refractivity contribution in [2.75, 3.05) is 0 Å². The van der Waals surface area contributed by atoms with Crippen molar-refractivity contribution in [2.45, 2.75) is 44.3 Å². The fraction of sp³-hybridized carbons (Fsp3) is 0.467. The monoisotopic (exact) mass is 333 g/mol. The second-order valence-corrected chi connectivity index (χ2v) is 6.68. The van der Waals surface area contributed by atoms with Crippen molar-refractivity contribution >= 4 is 23.2 Å². The molecule has 2 amide bonds. The molecule has 0 bridgehead atoms. The Kier molecular flexibility index (Phi) is 4.71. The van der Waals surface area contributed by atoms with Gasteiger partial charge in [0, 0.05) is 17.7 Å². The van der Waals surface area contributed by atoms with Crippen LogP contribution in [0.5, 0.6) is 0 Å². The van der Waals surface area contributed by atoms with E-state index in [9.17, 15) is 9.59 Å². The van der Waals surface area contributed by atoms with Gasteiger partial charge in [0.2, 0.25) is 11.8 Å². The zero-order chi connectivity index (χ0) is 16.2. The first kappa shape index (κ1) is 15.7. The highest BCUT2D eigenvalue weighted by molar-refractivity contribution is 7.10. The van der Waals surface area contributed by atoms with E-state index >= 15 is 0 Å². The summed E-state index contributed by atoms with van der Waals surface area (Å²) in [7, 11) is 0. The molecule has 7 nitrogen and oxygen atoms in total. The van der Waals surface area contributed by atoms with Gasteiger partial charge in [0.15, 0.2) is 0 Å². The summed E-state index contributed by atoms with van der Waals surface area (Å²) in [6.45, 7) is 1.92. The molecule has 3 rings (SSSR count). The lowest BCUT2D eigenvalue weighted by molar-refractivity contribution is -0.127. The van der Waals surface area contributed by atoms with Gasteiger partial charge in [0.25, 0.3) is 0 Å². The third-order valence-corrected chi connectivity index (χ3v) is 4.92. The number of aromatic nitrogens is 3. The molecule has 3 heterocycles. The minimum absolute atomic E-state index is 0.0323. The molecule has 2 aromatic heterocycles.